The van der Waals surface area contributed by atoms with Gasteiger partial charge in [-0.3, -0.25) is 4.79 Å². The Morgan fingerprint density at radius 3 is 3.04 bits per heavy atom. The molecule has 0 spiro atoms. The number of hydrogen-bond donors (Lipinski definition) is 2. The lowest BCUT2D eigenvalue weighted by Gasteiger charge is -2.04. The lowest BCUT2D eigenvalue weighted by molar-refractivity contribution is -0.114. The van der Waals surface area contributed by atoms with Gasteiger partial charge in [0.2, 0.25) is 0 Å². The molecule has 0 atom stereocenters. The van der Waals surface area contributed by atoms with Crippen LogP contribution in [0, 0.1) is 11.8 Å². The molecule has 0 bridgehead atoms. The maximum absolute atomic E-state index is 11.4. The summed E-state index contributed by atoms with van der Waals surface area (Å²) in [5.41, 5.74) is 7.67. The van der Waals surface area contributed by atoms with Crippen molar-refractivity contribution in [1.82, 2.24) is 4.98 Å². The van der Waals surface area contributed by atoms with E-state index in [4.69, 9.17) is 10.5 Å². The molecule has 3 rings (SSSR count). The molecule has 0 saturated heterocycles. The molecule has 0 saturated carbocycles. The number of phenolic OH excluding ortho intramolecular Hbond substituents is 1. The second-order valence-electron chi connectivity index (χ2n) is 5.48. The van der Waals surface area contributed by atoms with Gasteiger partial charge in [-0.1, -0.05) is 41.9 Å². The van der Waals surface area contributed by atoms with Gasteiger partial charge < -0.3 is 15.6 Å². The molecule has 3 N–H and O–H groups in total. The molecule has 130 valence electrons. The smallest absolute Gasteiger partial charge is 0.181 e. The maximum Gasteiger partial charge on any atom is 0.181 e. The molecule has 1 aromatic heterocycles. The van der Waals surface area contributed by atoms with Gasteiger partial charge in [0.25, 0.3) is 0 Å². The minimum atomic E-state index is -0.0409. The van der Waals surface area contributed by atoms with Crippen LogP contribution >= 0.6 is 11.3 Å². The number of fused-ring (bicyclic) bond motifs is 1. The predicted octanol–water partition coefficient (Wildman–Crippen LogP) is 3.31. The Morgan fingerprint density at radius 1 is 1.38 bits per heavy atom. The number of nitrogens with zero attached hydrogens (tertiary/aromatic N) is 1. The van der Waals surface area contributed by atoms with Crippen molar-refractivity contribution in [3.63, 3.8) is 0 Å². The number of hydrogen-bond acceptors (Lipinski definition) is 6. The molecule has 5 nitrogen and oxygen atoms in total. The molecule has 6 heteroatoms. The van der Waals surface area contributed by atoms with Crippen molar-refractivity contribution in [3.05, 3.63) is 60.2 Å². The average molecular weight is 364 g/mol. The first-order valence-electron chi connectivity index (χ1n) is 7.80. The topological polar surface area (TPSA) is 85.4 Å². The second kappa shape index (κ2) is 7.72. The fraction of sp³-hybridized carbons (Fsp3) is 0.100. The minimum Gasteiger partial charge on any atom is -0.506 e. The Labute approximate surface area is 154 Å². The Kier molecular flexibility index (Phi) is 5.20. The average Bonchev–Trinajstić information content (AvgIpc) is 3.00. The fourth-order valence-electron chi connectivity index (χ4n) is 2.38. The molecule has 3 aromatic rings. The summed E-state index contributed by atoms with van der Waals surface area (Å²) in [6, 6.07) is 10.7. The van der Waals surface area contributed by atoms with Crippen molar-refractivity contribution < 1.29 is 14.6 Å². The molecule has 26 heavy (non-hydrogen) atoms. The third-order valence-electron chi connectivity index (χ3n) is 3.54. The quantitative estimate of drug-likeness (QED) is 0.536. The van der Waals surface area contributed by atoms with Gasteiger partial charge in [0.1, 0.15) is 23.6 Å². The van der Waals surface area contributed by atoms with Crippen LogP contribution in [0.2, 0.25) is 0 Å². The number of aromatic nitrogens is 1. The summed E-state index contributed by atoms with van der Waals surface area (Å²) < 4.78 is 6.39. The number of anilines is 1. The first-order valence-corrected chi connectivity index (χ1v) is 8.61. The van der Waals surface area contributed by atoms with Gasteiger partial charge in [0, 0.05) is 12.0 Å². The van der Waals surface area contributed by atoms with E-state index < -0.39 is 0 Å². The van der Waals surface area contributed by atoms with Gasteiger partial charge in [-0.15, -0.1) is 0 Å². The number of phenols is 1. The molecule has 0 aliphatic rings. The van der Waals surface area contributed by atoms with Gasteiger partial charge in [-0.05, 0) is 35.9 Å². The second-order valence-corrected chi connectivity index (χ2v) is 6.54. The number of nitrogen functional groups attached to an aromatic ring is 1. The van der Waals surface area contributed by atoms with E-state index in [1.54, 1.807) is 12.1 Å². The highest BCUT2D eigenvalue weighted by Crippen LogP contribution is 2.31. The normalized spacial score (nSPS) is 10.2. The monoisotopic (exact) mass is 364 g/mol. The maximum atomic E-state index is 11.4. The van der Waals surface area contributed by atoms with Crippen LogP contribution in [-0.4, -0.2) is 22.5 Å². The summed E-state index contributed by atoms with van der Waals surface area (Å²) in [6.07, 6.45) is 1.60. The Morgan fingerprint density at radius 2 is 2.23 bits per heavy atom. The Balaban J connectivity index is 1.66. The van der Waals surface area contributed by atoms with E-state index in [-0.39, 0.29) is 18.1 Å². The van der Waals surface area contributed by atoms with Crippen molar-refractivity contribution >= 4 is 32.5 Å². The number of carbonyl (C=O) groups is 1. The number of ether oxygens (including phenoxy) is 1. The predicted molar refractivity (Wildman–Crippen MR) is 103 cm³/mol. The van der Waals surface area contributed by atoms with Crippen LogP contribution in [0.15, 0.2) is 49.1 Å². The zero-order chi connectivity index (χ0) is 18.5. The zero-order valence-corrected chi connectivity index (χ0v) is 14.7. The fourth-order valence-corrected chi connectivity index (χ4v) is 3.17. The number of thiazole rings is 1. The zero-order valence-electron chi connectivity index (χ0n) is 13.9. The first kappa shape index (κ1) is 17.5. The molecule has 0 unspecified atom stereocenters. The lowest BCUT2D eigenvalue weighted by Crippen LogP contribution is -1.99. The lowest BCUT2D eigenvalue weighted by atomic mass is 10.1. The molecule has 0 aliphatic carbocycles. The molecule has 0 aliphatic heterocycles. The summed E-state index contributed by atoms with van der Waals surface area (Å²) in [7, 11) is 0. The van der Waals surface area contributed by atoms with E-state index in [0.717, 1.165) is 10.3 Å². The minimum absolute atomic E-state index is 0.0409. The van der Waals surface area contributed by atoms with Gasteiger partial charge in [-0.25, -0.2) is 4.98 Å². The number of benzene rings is 2. The Bertz CT molecular complexity index is 1040. The van der Waals surface area contributed by atoms with Crippen LogP contribution in [0.25, 0.3) is 10.2 Å². The van der Waals surface area contributed by atoms with Crippen LogP contribution in [0.4, 0.5) is 5.13 Å². The number of carbonyl (C=O) groups excluding carboxylic acids is 1. The summed E-state index contributed by atoms with van der Waals surface area (Å²) in [6.45, 7) is 3.65. The van der Waals surface area contributed by atoms with Crippen LogP contribution in [0.1, 0.15) is 11.1 Å². The third-order valence-corrected chi connectivity index (χ3v) is 4.37. The van der Waals surface area contributed by atoms with Crippen LogP contribution in [-0.2, 0) is 11.2 Å². The largest absolute Gasteiger partial charge is 0.506 e. The van der Waals surface area contributed by atoms with Crippen molar-refractivity contribution in [1.29, 1.82) is 0 Å². The standard InChI is InChI=1S/C20H16N2O3S/c1-2-15(23)9-13-5-3-7-16(10-13)25-8-4-6-14-11-17(24)19-18(12-14)26-20(21)22-19/h2-3,5,7,10-12,24H,1,8-9H2,(H2,21,22). The molecule has 0 amide bonds. The molecule has 1 heterocycles. The highest BCUT2D eigenvalue weighted by atomic mass is 32.1. The summed E-state index contributed by atoms with van der Waals surface area (Å²) in [4.78, 5) is 15.5. The first-order chi connectivity index (χ1) is 12.5. The molecule has 0 fully saturated rings. The molecular weight excluding hydrogens is 348 g/mol. The van der Waals surface area contributed by atoms with Crippen molar-refractivity contribution in [3.8, 4) is 23.3 Å². The van der Waals surface area contributed by atoms with Crippen molar-refractivity contribution in [2.24, 2.45) is 0 Å². The highest BCUT2D eigenvalue weighted by Gasteiger charge is 2.07. The van der Waals surface area contributed by atoms with Crippen LogP contribution in [0.5, 0.6) is 11.5 Å². The number of ketones is 1. The summed E-state index contributed by atoms with van der Waals surface area (Å²) in [5, 5.41) is 10.4. The number of nitrogens with two attached hydrogens (primary N) is 1. The third kappa shape index (κ3) is 4.21. The van der Waals surface area contributed by atoms with Crippen molar-refractivity contribution in [2.75, 3.05) is 12.3 Å². The van der Waals surface area contributed by atoms with Crippen molar-refractivity contribution in [2.45, 2.75) is 6.42 Å². The molecule has 0 radical (unpaired) electrons. The van der Waals surface area contributed by atoms with Gasteiger partial charge in [-0.2, -0.15) is 0 Å². The van der Waals surface area contributed by atoms with Gasteiger partial charge in [0.05, 0.1) is 4.70 Å². The van der Waals surface area contributed by atoms with Gasteiger partial charge >= 0.3 is 0 Å². The molecular formula is C20H16N2O3S. The van der Waals surface area contributed by atoms with E-state index >= 15 is 0 Å². The van der Waals surface area contributed by atoms with E-state index in [2.05, 4.69) is 23.4 Å². The van der Waals surface area contributed by atoms with E-state index in [9.17, 15) is 9.90 Å². The Hall–Kier alpha value is -3.30. The molecule has 2 aromatic carbocycles. The highest BCUT2D eigenvalue weighted by molar-refractivity contribution is 7.22. The SMILES string of the molecule is C=CC(=O)Cc1cccc(OCC#Cc2cc(O)c3nc(N)sc3c2)c1. The van der Waals surface area contributed by atoms with E-state index in [1.165, 1.54) is 17.4 Å². The number of rotatable bonds is 5. The van der Waals surface area contributed by atoms with Crippen LogP contribution in [0.3, 0.4) is 0 Å². The van der Waals surface area contributed by atoms with E-state index in [1.807, 2.05) is 24.3 Å². The number of aromatic hydroxyl groups is 1. The summed E-state index contributed by atoms with van der Waals surface area (Å²) >= 11 is 1.30. The van der Waals surface area contributed by atoms with E-state index in [0.29, 0.717) is 28.4 Å². The number of allylic oxidation sites excluding steroid dienone is 1. The van der Waals surface area contributed by atoms with Crippen LogP contribution < -0.4 is 10.5 Å². The van der Waals surface area contributed by atoms with Gasteiger partial charge in [0.15, 0.2) is 10.9 Å². The summed E-state index contributed by atoms with van der Waals surface area (Å²) in [5.74, 6) is 6.51.